The lowest BCUT2D eigenvalue weighted by atomic mass is 10.4. The molecular weight excluding hydrogens is 168 g/mol. The number of aliphatic hydroxyl groups excluding tert-OH is 1. The topological polar surface area (TPSA) is 20.2 Å². The summed E-state index contributed by atoms with van der Waals surface area (Å²) in [6.07, 6.45) is 1.97. The highest BCUT2D eigenvalue weighted by molar-refractivity contribution is 7.96. The van der Waals surface area contributed by atoms with Gasteiger partial charge in [-0.15, -0.1) is 0 Å². The molecule has 1 N–H and O–H groups in total. The van der Waals surface area contributed by atoms with Gasteiger partial charge in [0, 0.05) is 10.9 Å². The molecule has 0 amide bonds. The van der Waals surface area contributed by atoms with E-state index in [-0.39, 0.29) is 17.0 Å². The van der Waals surface area contributed by atoms with Gasteiger partial charge in [0.2, 0.25) is 0 Å². The number of rotatable bonds is 3. The van der Waals surface area contributed by atoms with Crippen molar-refractivity contribution in [1.29, 1.82) is 0 Å². The molecule has 0 saturated heterocycles. The lowest BCUT2D eigenvalue weighted by Gasteiger charge is -2.04. The summed E-state index contributed by atoms with van der Waals surface area (Å²) in [6.45, 7) is 1.84. The summed E-state index contributed by atoms with van der Waals surface area (Å²) in [6, 6.07) is 10.3. The molecule has 1 aromatic rings. The average molecular weight is 183 g/mol. The fraction of sp³-hybridized carbons (Fsp3) is 0.400. The van der Waals surface area contributed by atoms with Crippen molar-refractivity contribution < 1.29 is 5.11 Å². The predicted octanol–water partition coefficient (Wildman–Crippen LogP) is 1.67. The normalized spacial score (nSPS) is 15.6. The lowest BCUT2D eigenvalue weighted by molar-refractivity contribution is 0.220. The van der Waals surface area contributed by atoms with E-state index in [1.807, 2.05) is 25.1 Å². The molecule has 0 aliphatic carbocycles. The van der Waals surface area contributed by atoms with Crippen LogP contribution in [0.5, 0.6) is 0 Å². The van der Waals surface area contributed by atoms with Gasteiger partial charge >= 0.3 is 0 Å². The first-order valence-corrected chi connectivity index (χ1v) is 5.86. The maximum absolute atomic E-state index is 9.19. The Bertz CT molecular complexity index is 221. The van der Waals surface area contributed by atoms with Crippen LogP contribution in [0, 0.1) is 0 Å². The van der Waals surface area contributed by atoms with Crippen molar-refractivity contribution in [2.45, 2.75) is 17.9 Å². The minimum atomic E-state index is -0.196. The molecule has 2 atom stereocenters. The van der Waals surface area contributed by atoms with Crippen molar-refractivity contribution in [2.75, 3.05) is 12.0 Å². The Morgan fingerprint density at radius 2 is 1.92 bits per heavy atom. The standard InChI is InChI=1S/C10H15OS/c1-9(11)8-12(2)10-6-4-3-5-7-10/h3-7,9,11H,8H2,1-2H3/q+1. The van der Waals surface area contributed by atoms with Gasteiger partial charge < -0.3 is 5.11 Å². The molecule has 0 fully saturated rings. The molecule has 0 aliphatic heterocycles. The van der Waals surface area contributed by atoms with Crippen molar-refractivity contribution in [2.24, 2.45) is 0 Å². The minimum Gasteiger partial charge on any atom is -0.389 e. The maximum atomic E-state index is 9.19. The van der Waals surface area contributed by atoms with Gasteiger partial charge in [-0.3, -0.25) is 0 Å². The van der Waals surface area contributed by atoms with Crippen LogP contribution in [0.3, 0.4) is 0 Å². The number of hydrogen-bond acceptors (Lipinski definition) is 1. The van der Waals surface area contributed by atoms with Crippen LogP contribution in [-0.4, -0.2) is 23.2 Å². The summed E-state index contributed by atoms with van der Waals surface area (Å²) in [5.41, 5.74) is 0. The van der Waals surface area contributed by atoms with Crippen LogP contribution in [0.15, 0.2) is 35.2 Å². The van der Waals surface area contributed by atoms with Gasteiger partial charge in [-0.1, -0.05) is 18.2 Å². The lowest BCUT2D eigenvalue weighted by Crippen LogP contribution is -2.16. The van der Waals surface area contributed by atoms with Crippen LogP contribution in [0.1, 0.15) is 6.92 Å². The molecule has 66 valence electrons. The molecular formula is C10H15OS+. The van der Waals surface area contributed by atoms with Crippen molar-refractivity contribution >= 4 is 10.9 Å². The first-order chi connectivity index (χ1) is 5.70. The summed E-state index contributed by atoms with van der Waals surface area (Å²) in [4.78, 5) is 1.33. The monoisotopic (exact) mass is 183 g/mol. The van der Waals surface area contributed by atoms with Gasteiger partial charge in [0.1, 0.15) is 12.0 Å². The molecule has 1 nitrogen and oxygen atoms in total. The molecule has 0 bridgehead atoms. The maximum Gasteiger partial charge on any atom is 0.154 e. The van der Waals surface area contributed by atoms with E-state index in [4.69, 9.17) is 0 Å². The summed E-state index contributed by atoms with van der Waals surface area (Å²) >= 11 is 0. The molecule has 0 aromatic heterocycles. The first-order valence-electron chi connectivity index (χ1n) is 4.06. The number of hydrogen-bond donors (Lipinski definition) is 1. The van der Waals surface area contributed by atoms with Gasteiger partial charge in [-0.2, -0.15) is 0 Å². The second kappa shape index (κ2) is 4.53. The quantitative estimate of drug-likeness (QED) is 0.707. The van der Waals surface area contributed by atoms with Crippen molar-refractivity contribution in [1.82, 2.24) is 0 Å². The van der Waals surface area contributed by atoms with Gasteiger partial charge in [0.15, 0.2) is 4.90 Å². The van der Waals surface area contributed by atoms with Gasteiger partial charge in [-0.05, 0) is 19.1 Å². The molecule has 2 heteroatoms. The second-order valence-electron chi connectivity index (χ2n) is 2.97. The highest BCUT2D eigenvalue weighted by Crippen LogP contribution is 2.11. The van der Waals surface area contributed by atoms with E-state index < -0.39 is 0 Å². The van der Waals surface area contributed by atoms with E-state index in [1.165, 1.54) is 4.90 Å². The van der Waals surface area contributed by atoms with E-state index >= 15 is 0 Å². The number of benzene rings is 1. The third kappa shape index (κ3) is 2.88. The Morgan fingerprint density at radius 1 is 1.33 bits per heavy atom. The highest BCUT2D eigenvalue weighted by Gasteiger charge is 2.16. The largest absolute Gasteiger partial charge is 0.389 e. The second-order valence-corrected chi connectivity index (χ2v) is 5.04. The van der Waals surface area contributed by atoms with E-state index in [9.17, 15) is 5.11 Å². The smallest absolute Gasteiger partial charge is 0.154 e. The SMILES string of the molecule is CC(O)C[S+](C)c1ccccc1. The van der Waals surface area contributed by atoms with Crippen LogP contribution in [0.2, 0.25) is 0 Å². The van der Waals surface area contributed by atoms with Crippen molar-refractivity contribution in [3.05, 3.63) is 30.3 Å². The molecule has 1 aromatic carbocycles. The summed E-state index contributed by atoms with van der Waals surface area (Å²) in [7, 11) is 0.186. The Kier molecular flexibility index (Phi) is 3.63. The van der Waals surface area contributed by atoms with E-state index in [1.54, 1.807) is 0 Å². The zero-order valence-electron chi connectivity index (χ0n) is 7.53. The van der Waals surface area contributed by atoms with Crippen LogP contribution in [-0.2, 0) is 10.9 Å². The van der Waals surface area contributed by atoms with E-state index in [2.05, 4.69) is 18.4 Å². The van der Waals surface area contributed by atoms with Gasteiger partial charge in [0.25, 0.3) is 0 Å². The van der Waals surface area contributed by atoms with E-state index in [0.29, 0.717) is 0 Å². The highest BCUT2D eigenvalue weighted by atomic mass is 32.2. The van der Waals surface area contributed by atoms with Crippen LogP contribution in [0.25, 0.3) is 0 Å². The Hall–Kier alpha value is -0.470. The average Bonchev–Trinajstić information content (AvgIpc) is 2.05. The van der Waals surface area contributed by atoms with Crippen LogP contribution >= 0.6 is 0 Å². The molecule has 1 rings (SSSR count). The van der Waals surface area contributed by atoms with Gasteiger partial charge in [-0.25, -0.2) is 0 Å². The first kappa shape index (κ1) is 9.62. The molecule has 0 heterocycles. The fourth-order valence-electron chi connectivity index (χ4n) is 1.11. The summed E-state index contributed by atoms with van der Waals surface area (Å²) in [5, 5.41) is 9.19. The summed E-state index contributed by atoms with van der Waals surface area (Å²) in [5.74, 6) is 0.865. The molecule has 2 unspecified atom stereocenters. The number of aliphatic hydroxyl groups is 1. The van der Waals surface area contributed by atoms with Crippen LogP contribution < -0.4 is 0 Å². The Morgan fingerprint density at radius 3 is 2.42 bits per heavy atom. The van der Waals surface area contributed by atoms with Gasteiger partial charge in [0.05, 0.1) is 6.10 Å². The molecule has 12 heavy (non-hydrogen) atoms. The third-order valence-electron chi connectivity index (χ3n) is 1.64. The zero-order chi connectivity index (χ0) is 8.97. The predicted molar refractivity (Wildman–Crippen MR) is 54.5 cm³/mol. The fourth-order valence-corrected chi connectivity index (χ4v) is 2.65. The Balaban J connectivity index is 2.59. The van der Waals surface area contributed by atoms with Crippen molar-refractivity contribution in [3.63, 3.8) is 0 Å². The van der Waals surface area contributed by atoms with E-state index in [0.717, 1.165) is 5.75 Å². The molecule has 0 radical (unpaired) electrons. The third-order valence-corrected chi connectivity index (χ3v) is 3.70. The molecule has 0 aliphatic rings. The van der Waals surface area contributed by atoms with Crippen LogP contribution in [0.4, 0.5) is 0 Å². The Labute approximate surface area is 76.8 Å². The summed E-state index contributed by atoms with van der Waals surface area (Å²) < 4.78 is 0. The zero-order valence-corrected chi connectivity index (χ0v) is 8.34. The molecule has 0 saturated carbocycles. The molecule has 0 spiro atoms. The minimum absolute atomic E-state index is 0.186. The van der Waals surface area contributed by atoms with Crippen molar-refractivity contribution in [3.8, 4) is 0 Å².